The number of sulfone groups is 1. The van der Waals surface area contributed by atoms with Gasteiger partial charge in [0, 0.05) is 13.0 Å². The Labute approximate surface area is 145 Å². The molecule has 136 valence electrons. The highest BCUT2D eigenvalue weighted by molar-refractivity contribution is 7.93. The lowest BCUT2D eigenvalue weighted by atomic mass is 10.2. The number of unbranched alkanes of at least 4 members (excludes halogenated alkanes) is 2. The van der Waals surface area contributed by atoms with E-state index in [1.807, 2.05) is 0 Å². The number of aliphatic carboxylic acids is 1. The molecule has 0 fully saturated rings. The molecule has 9 heteroatoms. The topological polar surface area (TPSA) is 130 Å². The van der Waals surface area contributed by atoms with Crippen molar-refractivity contribution in [2.45, 2.75) is 42.2 Å². The molecule has 1 unspecified atom stereocenters. The van der Waals surface area contributed by atoms with E-state index in [1.165, 1.54) is 12.1 Å². The van der Waals surface area contributed by atoms with E-state index >= 15 is 0 Å². The standard InChI is InChI=1S/C16H20N2O6S/c19-14(17-9-5-1-2-8-15(20)21)10-13-16(22)18-11-6-3-4-7-12(11)25(13,23)24/h3-4,6-7,13H,1-2,5,8-10H2,(H,17,19)(H,18,22)(H,20,21). The number of hydrogen-bond donors (Lipinski definition) is 3. The van der Waals surface area contributed by atoms with E-state index in [2.05, 4.69) is 10.6 Å². The van der Waals surface area contributed by atoms with Crippen LogP contribution in [0.5, 0.6) is 0 Å². The first kappa shape index (κ1) is 18.9. The van der Waals surface area contributed by atoms with Gasteiger partial charge in [-0.05, 0) is 25.0 Å². The molecule has 1 heterocycles. The van der Waals surface area contributed by atoms with Crippen LogP contribution in [0.2, 0.25) is 0 Å². The van der Waals surface area contributed by atoms with Gasteiger partial charge in [0.25, 0.3) is 0 Å². The van der Waals surface area contributed by atoms with Crippen LogP contribution < -0.4 is 10.6 Å². The monoisotopic (exact) mass is 368 g/mol. The SMILES string of the molecule is O=C(O)CCCCCNC(=O)CC1C(=O)Nc2ccccc2S1(=O)=O. The summed E-state index contributed by atoms with van der Waals surface area (Å²) in [5.74, 6) is -2.10. The minimum Gasteiger partial charge on any atom is -0.481 e. The van der Waals surface area contributed by atoms with E-state index in [1.54, 1.807) is 12.1 Å². The second kappa shape index (κ2) is 8.11. The van der Waals surface area contributed by atoms with Gasteiger partial charge in [0.05, 0.1) is 17.0 Å². The first-order valence-corrected chi connectivity index (χ1v) is 9.49. The fourth-order valence-corrected chi connectivity index (χ4v) is 4.29. The van der Waals surface area contributed by atoms with Crippen molar-refractivity contribution in [2.24, 2.45) is 0 Å². The molecule has 3 N–H and O–H groups in total. The highest BCUT2D eigenvalue weighted by Gasteiger charge is 2.41. The Bertz CT molecular complexity index is 775. The predicted molar refractivity (Wildman–Crippen MR) is 89.8 cm³/mol. The maximum Gasteiger partial charge on any atom is 0.303 e. The van der Waals surface area contributed by atoms with Crippen LogP contribution in [0.3, 0.4) is 0 Å². The second-order valence-electron chi connectivity index (χ2n) is 5.78. The summed E-state index contributed by atoms with van der Waals surface area (Å²) in [6, 6.07) is 6.07. The zero-order valence-corrected chi connectivity index (χ0v) is 14.3. The third kappa shape index (κ3) is 4.79. The Hall–Kier alpha value is -2.42. The fourth-order valence-electron chi connectivity index (χ4n) is 2.57. The number of hydrogen-bond acceptors (Lipinski definition) is 5. The number of carbonyl (C=O) groups is 3. The van der Waals surface area contributed by atoms with Crippen LogP contribution >= 0.6 is 0 Å². The molecule has 2 amide bonds. The Morgan fingerprint density at radius 1 is 1.16 bits per heavy atom. The van der Waals surface area contributed by atoms with Gasteiger partial charge in [0.1, 0.15) is 0 Å². The second-order valence-corrected chi connectivity index (χ2v) is 7.88. The van der Waals surface area contributed by atoms with Crippen molar-refractivity contribution in [1.29, 1.82) is 0 Å². The lowest BCUT2D eigenvalue weighted by Crippen LogP contribution is -2.43. The molecule has 0 aromatic heterocycles. The Morgan fingerprint density at radius 2 is 1.88 bits per heavy atom. The van der Waals surface area contributed by atoms with Crippen molar-refractivity contribution in [3.63, 3.8) is 0 Å². The van der Waals surface area contributed by atoms with Gasteiger partial charge in [-0.15, -0.1) is 0 Å². The molecular weight excluding hydrogens is 348 g/mol. The number of carbonyl (C=O) groups excluding carboxylic acids is 2. The van der Waals surface area contributed by atoms with Crippen LogP contribution in [0.1, 0.15) is 32.1 Å². The third-order valence-electron chi connectivity index (χ3n) is 3.88. The number of nitrogens with one attached hydrogen (secondary N) is 2. The van der Waals surface area contributed by atoms with Crippen molar-refractivity contribution < 1.29 is 27.9 Å². The van der Waals surface area contributed by atoms with Crippen LogP contribution in [0.25, 0.3) is 0 Å². The van der Waals surface area contributed by atoms with E-state index in [0.29, 0.717) is 25.8 Å². The molecule has 1 aromatic carbocycles. The molecule has 0 bridgehead atoms. The number of amides is 2. The maximum atomic E-state index is 12.5. The largest absolute Gasteiger partial charge is 0.481 e. The number of para-hydroxylation sites is 1. The number of fused-ring (bicyclic) bond motifs is 1. The molecule has 1 aliphatic heterocycles. The quantitative estimate of drug-likeness (QED) is 0.585. The smallest absolute Gasteiger partial charge is 0.303 e. The molecule has 1 aromatic rings. The van der Waals surface area contributed by atoms with Crippen LogP contribution in [0.15, 0.2) is 29.2 Å². The molecule has 0 radical (unpaired) electrons. The van der Waals surface area contributed by atoms with Crippen molar-refractivity contribution in [1.82, 2.24) is 5.32 Å². The van der Waals surface area contributed by atoms with Gasteiger partial charge in [0.2, 0.25) is 11.8 Å². The minimum atomic E-state index is -3.91. The van der Waals surface area contributed by atoms with E-state index in [9.17, 15) is 22.8 Å². The fraction of sp³-hybridized carbons (Fsp3) is 0.438. The number of rotatable bonds is 8. The zero-order valence-electron chi connectivity index (χ0n) is 13.5. The van der Waals surface area contributed by atoms with Crippen LogP contribution in [-0.2, 0) is 24.2 Å². The van der Waals surface area contributed by atoms with Gasteiger partial charge >= 0.3 is 5.97 Å². The average Bonchev–Trinajstić information content (AvgIpc) is 2.54. The number of carboxylic acid groups (broad SMARTS) is 1. The molecule has 2 rings (SSSR count). The Morgan fingerprint density at radius 3 is 2.60 bits per heavy atom. The highest BCUT2D eigenvalue weighted by atomic mass is 32.2. The molecular formula is C16H20N2O6S. The third-order valence-corrected chi connectivity index (χ3v) is 5.98. The number of anilines is 1. The van der Waals surface area contributed by atoms with Gasteiger partial charge in [-0.3, -0.25) is 14.4 Å². The highest BCUT2D eigenvalue weighted by Crippen LogP contribution is 2.31. The van der Waals surface area contributed by atoms with Gasteiger partial charge in [-0.2, -0.15) is 0 Å². The molecule has 1 aliphatic rings. The molecule has 0 saturated heterocycles. The molecule has 25 heavy (non-hydrogen) atoms. The summed E-state index contributed by atoms with van der Waals surface area (Å²) < 4.78 is 25.1. The average molecular weight is 368 g/mol. The van der Waals surface area contributed by atoms with Gasteiger partial charge in [-0.25, -0.2) is 8.42 Å². The van der Waals surface area contributed by atoms with Crippen molar-refractivity contribution >= 4 is 33.3 Å². The van der Waals surface area contributed by atoms with Gasteiger partial charge < -0.3 is 15.7 Å². The minimum absolute atomic E-state index is 0.0149. The maximum absolute atomic E-state index is 12.5. The molecule has 8 nitrogen and oxygen atoms in total. The van der Waals surface area contributed by atoms with E-state index in [0.717, 1.165) is 0 Å². The van der Waals surface area contributed by atoms with Crippen LogP contribution in [-0.4, -0.2) is 43.1 Å². The summed E-state index contributed by atoms with van der Waals surface area (Å²) in [7, 11) is -3.91. The van der Waals surface area contributed by atoms with Crippen LogP contribution in [0.4, 0.5) is 5.69 Å². The summed E-state index contributed by atoms with van der Waals surface area (Å²) in [6.07, 6.45) is 1.38. The van der Waals surface area contributed by atoms with Gasteiger partial charge in [-0.1, -0.05) is 18.6 Å². The molecule has 0 aliphatic carbocycles. The lowest BCUT2D eigenvalue weighted by molar-refractivity contribution is -0.137. The van der Waals surface area contributed by atoms with Crippen molar-refractivity contribution in [3.05, 3.63) is 24.3 Å². The van der Waals surface area contributed by atoms with Gasteiger partial charge in [0.15, 0.2) is 15.1 Å². The van der Waals surface area contributed by atoms with E-state index < -0.39 is 39.3 Å². The summed E-state index contributed by atoms with van der Waals surface area (Å²) >= 11 is 0. The zero-order chi connectivity index (χ0) is 18.4. The summed E-state index contributed by atoms with van der Waals surface area (Å²) in [5, 5.41) is 12.2. The normalized spacial score (nSPS) is 18.1. The molecule has 0 spiro atoms. The first-order valence-electron chi connectivity index (χ1n) is 7.94. The molecule has 0 saturated carbocycles. The number of benzene rings is 1. The van der Waals surface area contributed by atoms with Crippen molar-refractivity contribution in [3.8, 4) is 0 Å². The first-order chi connectivity index (χ1) is 11.8. The lowest BCUT2D eigenvalue weighted by Gasteiger charge is -2.24. The van der Waals surface area contributed by atoms with Crippen molar-refractivity contribution in [2.75, 3.05) is 11.9 Å². The summed E-state index contributed by atoms with van der Waals surface area (Å²) in [6.45, 7) is 0.309. The van der Waals surface area contributed by atoms with E-state index in [-0.39, 0.29) is 17.0 Å². The predicted octanol–water partition coefficient (Wildman–Crippen LogP) is 0.932. The summed E-state index contributed by atoms with van der Waals surface area (Å²) in [4.78, 5) is 34.4. The summed E-state index contributed by atoms with van der Waals surface area (Å²) in [5.41, 5.74) is 0.225. The van der Waals surface area contributed by atoms with E-state index in [4.69, 9.17) is 5.11 Å². The number of carboxylic acids is 1. The Balaban J connectivity index is 1.88. The molecule has 1 atom stereocenters. The Kier molecular flexibility index (Phi) is 6.13. The van der Waals surface area contributed by atoms with Crippen LogP contribution in [0, 0.1) is 0 Å².